The second-order valence-electron chi connectivity index (χ2n) is 4.87. The van der Waals surface area contributed by atoms with Crippen LogP contribution in [0, 0.1) is 0 Å². The van der Waals surface area contributed by atoms with Crippen LogP contribution in [0.1, 0.15) is 25.7 Å². The zero-order chi connectivity index (χ0) is 12.2. The number of hydrogen-bond donors (Lipinski definition) is 1. The molecule has 0 spiro atoms. The van der Waals surface area contributed by atoms with Crippen LogP contribution < -0.4 is 5.32 Å². The molecule has 18 heavy (non-hydrogen) atoms. The summed E-state index contributed by atoms with van der Waals surface area (Å²) in [5, 5.41) is 16.8. The van der Waals surface area contributed by atoms with Gasteiger partial charge in [-0.25, -0.2) is 4.68 Å². The molecule has 6 nitrogen and oxygen atoms in total. The van der Waals surface area contributed by atoms with Crippen molar-refractivity contribution in [2.24, 2.45) is 0 Å². The number of tetrazole rings is 1. The molecule has 1 N–H and O–H groups in total. The second kappa shape index (κ2) is 5.99. The van der Waals surface area contributed by atoms with E-state index in [1.54, 1.807) is 11.8 Å². The second-order valence-corrected chi connectivity index (χ2v) is 6.14. The third-order valence-corrected chi connectivity index (χ3v) is 4.43. The number of hydrogen-bond acceptors (Lipinski definition) is 6. The Kier molecular flexibility index (Phi) is 4.12. The van der Waals surface area contributed by atoms with Gasteiger partial charge in [0, 0.05) is 24.4 Å². The summed E-state index contributed by atoms with van der Waals surface area (Å²) in [5.74, 6) is 0. The largest absolute Gasteiger partial charge is 0.380 e. The fraction of sp³-hybridized carbons (Fsp3) is 0.909. The lowest BCUT2D eigenvalue weighted by atomic mass is 10.2. The Labute approximate surface area is 111 Å². The third-order valence-electron chi connectivity index (χ3n) is 3.22. The number of nitrogens with one attached hydrogen (secondary N) is 1. The van der Waals surface area contributed by atoms with Crippen molar-refractivity contribution >= 4 is 11.8 Å². The molecule has 1 aliphatic carbocycles. The molecule has 2 fully saturated rings. The summed E-state index contributed by atoms with van der Waals surface area (Å²) in [6.45, 7) is 3.51. The number of ether oxygens (including phenoxy) is 1. The van der Waals surface area contributed by atoms with Gasteiger partial charge in [-0.05, 0) is 36.1 Å². The van der Waals surface area contributed by atoms with Gasteiger partial charge in [-0.1, -0.05) is 11.8 Å². The molecule has 7 heteroatoms. The molecule has 0 amide bonds. The van der Waals surface area contributed by atoms with Crippen LogP contribution in [0.5, 0.6) is 0 Å². The monoisotopic (exact) mass is 269 g/mol. The van der Waals surface area contributed by atoms with Crippen LogP contribution in [0.3, 0.4) is 0 Å². The summed E-state index contributed by atoms with van der Waals surface area (Å²) in [4.78, 5) is 0. The maximum absolute atomic E-state index is 5.48. The van der Waals surface area contributed by atoms with Crippen molar-refractivity contribution in [2.75, 3.05) is 19.8 Å². The van der Waals surface area contributed by atoms with Crippen molar-refractivity contribution in [1.82, 2.24) is 25.5 Å². The highest BCUT2D eigenvalue weighted by atomic mass is 32.2. The predicted octanol–water partition coefficient (Wildman–Crippen LogP) is 0.696. The normalized spacial score (nSPS) is 24.3. The molecule has 1 aromatic heterocycles. The Balaban J connectivity index is 1.49. The highest BCUT2D eigenvalue weighted by molar-refractivity contribution is 7.99. The Hall–Kier alpha value is -0.660. The topological polar surface area (TPSA) is 64.9 Å². The Bertz CT molecular complexity index is 375. The number of rotatable bonds is 6. The molecule has 1 saturated carbocycles. The lowest BCUT2D eigenvalue weighted by molar-refractivity contribution is 0.101. The van der Waals surface area contributed by atoms with E-state index in [4.69, 9.17) is 4.74 Å². The quantitative estimate of drug-likeness (QED) is 0.820. The van der Waals surface area contributed by atoms with Crippen molar-refractivity contribution in [1.29, 1.82) is 0 Å². The van der Waals surface area contributed by atoms with E-state index < -0.39 is 0 Å². The molecule has 1 aromatic rings. The van der Waals surface area contributed by atoms with E-state index >= 15 is 0 Å². The molecule has 1 aliphatic heterocycles. The summed E-state index contributed by atoms with van der Waals surface area (Å²) in [6.07, 6.45) is 4.97. The predicted molar refractivity (Wildman–Crippen MR) is 68.5 cm³/mol. The molecule has 0 aromatic carbocycles. The maximum atomic E-state index is 5.48. The van der Waals surface area contributed by atoms with E-state index in [-0.39, 0.29) is 0 Å². The van der Waals surface area contributed by atoms with E-state index in [2.05, 4.69) is 20.8 Å². The molecule has 0 bridgehead atoms. The first-order chi connectivity index (χ1) is 8.92. The fourth-order valence-electron chi connectivity index (χ4n) is 2.04. The third kappa shape index (κ3) is 3.43. The smallest absolute Gasteiger partial charge is 0.209 e. The average molecular weight is 269 g/mol. The van der Waals surface area contributed by atoms with Crippen LogP contribution in [-0.2, 0) is 11.3 Å². The first kappa shape index (κ1) is 12.4. The molecule has 3 rings (SSSR count). The highest BCUT2D eigenvalue weighted by Crippen LogP contribution is 2.26. The molecule has 0 radical (unpaired) electrons. The molecule has 2 aliphatic rings. The number of aromatic nitrogens is 4. The summed E-state index contributed by atoms with van der Waals surface area (Å²) >= 11 is 1.75. The lowest BCUT2D eigenvalue weighted by Gasteiger charge is -2.20. The minimum absolute atomic E-state index is 0.500. The van der Waals surface area contributed by atoms with Gasteiger partial charge in [0.25, 0.3) is 0 Å². The Morgan fingerprint density at radius 1 is 1.39 bits per heavy atom. The van der Waals surface area contributed by atoms with E-state index in [1.165, 1.54) is 19.3 Å². The Morgan fingerprint density at radius 2 is 2.33 bits per heavy atom. The summed E-state index contributed by atoms with van der Waals surface area (Å²) in [7, 11) is 0. The summed E-state index contributed by atoms with van der Waals surface area (Å²) < 4.78 is 7.38. The standard InChI is InChI=1S/C11H19N5OS/c1-2-10(8-17-7-1)18-11-13-14-15-16(11)6-5-12-9-3-4-9/h9-10,12H,1-8H2. The van der Waals surface area contributed by atoms with Crippen molar-refractivity contribution in [3.63, 3.8) is 0 Å². The minimum Gasteiger partial charge on any atom is -0.380 e. The van der Waals surface area contributed by atoms with Gasteiger partial charge >= 0.3 is 0 Å². The minimum atomic E-state index is 0.500. The molecular weight excluding hydrogens is 250 g/mol. The zero-order valence-corrected chi connectivity index (χ0v) is 11.2. The van der Waals surface area contributed by atoms with Gasteiger partial charge in [0.1, 0.15) is 0 Å². The highest BCUT2D eigenvalue weighted by Gasteiger charge is 2.21. The van der Waals surface area contributed by atoms with Gasteiger partial charge in [0.2, 0.25) is 5.16 Å². The Morgan fingerprint density at radius 3 is 3.11 bits per heavy atom. The van der Waals surface area contributed by atoms with Crippen molar-refractivity contribution in [3.8, 4) is 0 Å². The van der Waals surface area contributed by atoms with Gasteiger partial charge in [-0.3, -0.25) is 0 Å². The summed E-state index contributed by atoms with van der Waals surface area (Å²) in [5.41, 5.74) is 0. The lowest BCUT2D eigenvalue weighted by Crippen LogP contribution is -2.23. The average Bonchev–Trinajstić information content (AvgIpc) is 3.12. The van der Waals surface area contributed by atoms with Gasteiger partial charge < -0.3 is 10.1 Å². The maximum Gasteiger partial charge on any atom is 0.209 e. The van der Waals surface area contributed by atoms with E-state index in [0.29, 0.717) is 5.25 Å². The van der Waals surface area contributed by atoms with E-state index in [0.717, 1.165) is 43.9 Å². The first-order valence-electron chi connectivity index (χ1n) is 6.66. The number of thioether (sulfide) groups is 1. The molecular formula is C11H19N5OS. The fourth-order valence-corrected chi connectivity index (χ4v) is 3.12. The molecule has 1 saturated heterocycles. The molecule has 100 valence electrons. The van der Waals surface area contributed by atoms with Gasteiger partial charge in [-0.2, -0.15) is 0 Å². The van der Waals surface area contributed by atoms with Crippen molar-refractivity contribution in [3.05, 3.63) is 0 Å². The van der Waals surface area contributed by atoms with Gasteiger partial charge in [-0.15, -0.1) is 5.10 Å². The SMILES string of the molecule is C1COCC(Sc2nnnn2CCNC2CC2)C1. The molecule has 1 atom stereocenters. The van der Waals surface area contributed by atoms with Crippen LogP contribution in [-0.4, -0.2) is 51.3 Å². The molecule has 1 unspecified atom stereocenters. The zero-order valence-electron chi connectivity index (χ0n) is 10.4. The van der Waals surface area contributed by atoms with Crippen molar-refractivity contribution in [2.45, 2.75) is 48.7 Å². The number of nitrogens with zero attached hydrogens (tertiary/aromatic N) is 4. The van der Waals surface area contributed by atoms with Crippen LogP contribution >= 0.6 is 11.8 Å². The van der Waals surface area contributed by atoms with Crippen LogP contribution in [0.25, 0.3) is 0 Å². The summed E-state index contributed by atoms with van der Waals surface area (Å²) in [6, 6.07) is 0.740. The van der Waals surface area contributed by atoms with Gasteiger partial charge in [0.05, 0.1) is 13.2 Å². The van der Waals surface area contributed by atoms with Gasteiger partial charge in [0.15, 0.2) is 0 Å². The first-order valence-corrected chi connectivity index (χ1v) is 7.54. The molecule has 2 heterocycles. The van der Waals surface area contributed by atoms with E-state index in [9.17, 15) is 0 Å². The van der Waals surface area contributed by atoms with Crippen LogP contribution in [0.15, 0.2) is 5.16 Å². The van der Waals surface area contributed by atoms with E-state index in [1.807, 2.05) is 4.68 Å². The van der Waals surface area contributed by atoms with Crippen LogP contribution in [0.4, 0.5) is 0 Å². The van der Waals surface area contributed by atoms with Crippen LogP contribution in [0.2, 0.25) is 0 Å². The van der Waals surface area contributed by atoms with Crippen molar-refractivity contribution < 1.29 is 4.74 Å².